The Morgan fingerprint density at radius 1 is 1.05 bits per heavy atom. The summed E-state index contributed by atoms with van der Waals surface area (Å²) in [7, 11) is 0. The molecule has 3 rings (SSSR count). The fraction of sp³-hybridized carbons (Fsp3) is 0.889. The van der Waals surface area contributed by atoms with E-state index in [0.717, 1.165) is 37.5 Å². The molecule has 124 valence electrons. The van der Waals surface area contributed by atoms with Crippen LogP contribution in [0.4, 0.5) is 0 Å². The van der Waals surface area contributed by atoms with Gasteiger partial charge in [-0.1, -0.05) is 32.6 Å². The topological polar surface area (TPSA) is 57.6 Å². The molecule has 3 aliphatic carbocycles. The van der Waals surface area contributed by atoms with Crippen molar-refractivity contribution in [2.24, 2.45) is 23.7 Å². The largest absolute Gasteiger partial charge is 0.481 e. The lowest BCUT2D eigenvalue weighted by atomic mass is 9.67. The molecule has 1 N–H and O–H groups in total. The molecule has 0 bridgehead atoms. The van der Waals surface area contributed by atoms with Gasteiger partial charge in [0.1, 0.15) is 0 Å². The second kappa shape index (κ2) is 6.59. The second-order valence-corrected chi connectivity index (χ2v) is 7.78. The van der Waals surface area contributed by atoms with Crippen LogP contribution in [0.3, 0.4) is 0 Å². The number of fused-ring (bicyclic) bond motifs is 1. The number of amides is 1. The molecule has 0 heterocycles. The lowest BCUT2D eigenvalue weighted by Gasteiger charge is -2.40. The minimum atomic E-state index is -0.797. The summed E-state index contributed by atoms with van der Waals surface area (Å²) in [4.78, 5) is 26.0. The number of carboxylic acid groups (broad SMARTS) is 1. The van der Waals surface area contributed by atoms with Crippen molar-refractivity contribution in [2.45, 2.75) is 70.8 Å². The lowest BCUT2D eigenvalue weighted by molar-refractivity contribution is -0.145. The van der Waals surface area contributed by atoms with Gasteiger partial charge in [-0.2, -0.15) is 0 Å². The highest BCUT2D eigenvalue weighted by atomic mass is 16.4. The Balaban J connectivity index is 1.62. The zero-order valence-electron chi connectivity index (χ0n) is 13.7. The van der Waals surface area contributed by atoms with Crippen LogP contribution in [-0.4, -0.2) is 34.5 Å². The first-order valence-corrected chi connectivity index (χ1v) is 9.09. The van der Waals surface area contributed by atoms with Crippen molar-refractivity contribution in [1.82, 2.24) is 4.90 Å². The smallest absolute Gasteiger partial charge is 0.308 e. The summed E-state index contributed by atoms with van der Waals surface area (Å²) >= 11 is 0. The van der Waals surface area contributed by atoms with Gasteiger partial charge in [-0.05, 0) is 43.9 Å². The molecule has 3 aliphatic rings. The van der Waals surface area contributed by atoms with Crippen LogP contribution in [0.2, 0.25) is 0 Å². The van der Waals surface area contributed by atoms with Crippen molar-refractivity contribution < 1.29 is 14.7 Å². The molecule has 0 saturated heterocycles. The van der Waals surface area contributed by atoms with Crippen LogP contribution in [0.1, 0.15) is 64.7 Å². The van der Waals surface area contributed by atoms with Crippen molar-refractivity contribution in [3.63, 3.8) is 0 Å². The summed E-state index contributed by atoms with van der Waals surface area (Å²) in [6.45, 7) is 2.10. The van der Waals surface area contributed by atoms with Gasteiger partial charge in [-0.3, -0.25) is 9.59 Å². The van der Waals surface area contributed by atoms with Crippen LogP contribution in [0, 0.1) is 23.7 Å². The van der Waals surface area contributed by atoms with Gasteiger partial charge >= 0.3 is 5.97 Å². The first-order valence-electron chi connectivity index (χ1n) is 9.09. The van der Waals surface area contributed by atoms with Gasteiger partial charge < -0.3 is 10.0 Å². The maximum Gasteiger partial charge on any atom is 0.308 e. The van der Waals surface area contributed by atoms with Crippen molar-refractivity contribution in [2.75, 3.05) is 6.54 Å². The molecule has 4 heteroatoms. The number of carbonyl (C=O) groups excluding carboxylic acids is 1. The molecule has 4 atom stereocenters. The van der Waals surface area contributed by atoms with Crippen molar-refractivity contribution in [1.29, 1.82) is 0 Å². The van der Waals surface area contributed by atoms with Crippen LogP contribution in [0.25, 0.3) is 0 Å². The number of nitrogens with zero attached hydrogens (tertiary/aromatic N) is 1. The van der Waals surface area contributed by atoms with E-state index in [1.54, 1.807) is 6.92 Å². The fourth-order valence-corrected chi connectivity index (χ4v) is 4.51. The second-order valence-electron chi connectivity index (χ2n) is 7.78. The monoisotopic (exact) mass is 307 g/mol. The van der Waals surface area contributed by atoms with E-state index in [2.05, 4.69) is 0 Å². The molecule has 0 aromatic rings. The van der Waals surface area contributed by atoms with Gasteiger partial charge in [0.25, 0.3) is 0 Å². The van der Waals surface area contributed by atoms with Gasteiger partial charge in [0.2, 0.25) is 5.91 Å². The molecule has 0 aromatic carbocycles. The third kappa shape index (κ3) is 3.47. The Bertz CT molecular complexity index is 432. The van der Waals surface area contributed by atoms with Gasteiger partial charge in [-0.15, -0.1) is 0 Å². The van der Waals surface area contributed by atoms with E-state index in [4.69, 9.17) is 5.11 Å². The summed E-state index contributed by atoms with van der Waals surface area (Å²) in [5, 5.41) is 9.14. The van der Waals surface area contributed by atoms with Crippen LogP contribution < -0.4 is 0 Å². The van der Waals surface area contributed by atoms with Crippen molar-refractivity contribution in [3.05, 3.63) is 0 Å². The van der Waals surface area contributed by atoms with Gasteiger partial charge in [0.15, 0.2) is 0 Å². The zero-order valence-corrected chi connectivity index (χ0v) is 13.7. The molecule has 4 nitrogen and oxygen atoms in total. The Hall–Kier alpha value is -1.06. The van der Waals surface area contributed by atoms with Crippen molar-refractivity contribution in [3.8, 4) is 0 Å². The normalized spacial score (nSPS) is 32.9. The van der Waals surface area contributed by atoms with Gasteiger partial charge in [0, 0.05) is 18.5 Å². The Kier molecular flexibility index (Phi) is 4.74. The van der Waals surface area contributed by atoms with E-state index in [0.29, 0.717) is 12.6 Å². The summed E-state index contributed by atoms with van der Waals surface area (Å²) in [5.74, 6) is 0.741. The van der Waals surface area contributed by atoms with Crippen LogP contribution in [-0.2, 0) is 9.59 Å². The Morgan fingerprint density at radius 3 is 2.36 bits per heavy atom. The number of carbonyl (C=O) groups is 2. The summed E-state index contributed by atoms with van der Waals surface area (Å²) in [6, 6.07) is 0.318. The number of rotatable bonds is 5. The molecule has 0 aromatic heterocycles. The quantitative estimate of drug-likeness (QED) is 0.848. The maximum atomic E-state index is 12.9. The van der Waals surface area contributed by atoms with E-state index < -0.39 is 11.9 Å². The number of hydrogen-bond acceptors (Lipinski definition) is 2. The van der Waals surface area contributed by atoms with Gasteiger partial charge in [-0.25, -0.2) is 0 Å². The molecule has 3 fully saturated rings. The number of hydrogen-bond donors (Lipinski definition) is 1. The average Bonchev–Trinajstić information content (AvgIpc) is 3.35. The summed E-state index contributed by atoms with van der Waals surface area (Å²) in [5.41, 5.74) is 0. The van der Waals surface area contributed by atoms with E-state index in [-0.39, 0.29) is 11.8 Å². The predicted octanol–water partition coefficient (Wildman–Crippen LogP) is 3.30. The molecule has 0 radical (unpaired) electrons. The highest BCUT2D eigenvalue weighted by Gasteiger charge is 2.41. The third-order valence-corrected chi connectivity index (χ3v) is 6.05. The molecule has 4 unspecified atom stereocenters. The molecule has 22 heavy (non-hydrogen) atoms. The van der Waals surface area contributed by atoms with Crippen LogP contribution in [0.5, 0.6) is 0 Å². The highest BCUT2D eigenvalue weighted by molar-refractivity contribution is 5.80. The summed E-state index contributed by atoms with van der Waals surface area (Å²) in [6.07, 6.45) is 10.7. The molecule has 1 amide bonds. The van der Waals surface area contributed by atoms with E-state index in [9.17, 15) is 9.59 Å². The average molecular weight is 307 g/mol. The first kappa shape index (κ1) is 15.8. The van der Waals surface area contributed by atoms with E-state index in [1.807, 2.05) is 4.90 Å². The standard InChI is InChI=1S/C18H29NO3/c1-12(18(21)22)11-19(16-8-9-16)17(20)15-7-6-13-4-2-3-5-14(13)10-15/h12-16H,2-11H2,1H3,(H,21,22). The van der Waals surface area contributed by atoms with E-state index in [1.165, 1.54) is 32.1 Å². The van der Waals surface area contributed by atoms with Crippen LogP contribution in [0.15, 0.2) is 0 Å². The molecular formula is C18H29NO3. The highest BCUT2D eigenvalue weighted by Crippen LogP contribution is 2.44. The van der Waals surface area contributed by atoms with E-state index >= 15 is 0 Å². The molecule has 0 spiro atoms. The Labute approximate surface area is 133 Å². The van der Waals surface area contributed by atoms with Gasteiger partial charge in [0.05, 0.1) is 5.92 Å². The fourth-order valence-electron chi connectivity index (χ4n) is 4.51. The molecular weight excluding hydrogens is 278 g/mol. The molecule has 3 saturated carbocycles. The SMILES string of the molecule is CC(CN(C(=O)C1CCC2CCCCC2C1)C1CC1)C(=O)O. The number of aliphatic carboxylic acids is 1. The maximum absolute atomic E-state index is 12.9. The first-order chi connectivity index (χ1) is 10.6. The summed E-state index contributed by atoms with van der Waals surface area (Å²) < 4.78 is 0. The number of carboxylic acids is 1. The zero-order chi connectivity index (χ0) is 15.7. The van der Waals surface area contributed by atoms with Crippen molar-refractivity contribution >= 4 is 11.9 Å². The third-order valence-electron chi connectivity index (χ3n) is 6.05. The predicted molar refractivity (Wildman–Crippen MR) is 84.3 cm³/mol. The lowest BCUT2D eigenvalue weighted by Crippen LogP contribution is -2.44. The Morgan fingerprint density at radius 2 is 1.73 bits per heavy atom. The van der Waals surface area contributed by atoms with Crippen LogP contribution >= 0.6 is 0 Å². The minimum absolute atomic E-state index is 0.154. The minimum Gasteiger partial charge on any atom is -0.481 e. The molecule has 0 aliphatic heterocycles.